The van der Waals surface area contributed by atoms with Crippen LogP contribution < -0.4 is 15.2 Å². The molecule has 0 saturated heterocycles. The molecule has 4 heteroatoms. The van der Waals surface area contributed by atoms with Crippen LogP contribution >= 0.6 is 0 Å². The summed E-state index contributed by atoms with van der Waals surface area (Å²) in [5, 5.41) is 9.05. The summed E-state index contributed by atoms with van der Waals surface area (Å²) in [5.41, 5.74) is 6.59. The van der Waals surface area contributed by atoms with Crippen LogP contribution in [0.3, 0.4) is 0 Å². The van der Waals surface area contributed by atoms with E-state index < -0.39 is 0 Å². The number of ether oxygens (including phenoxy) is 2. The molecular formula is C16H24N2O2. The number of hydrogen-bond acceptors (Lipinski definition) is 4. The minimum absolute atomic E-state index is 0.0632. The summed E-state index contributed by atoms with van der Waals surface area (Å²) >= 11 is 0. The molecule has 2 atom stereocenters. The molecule has 1 rings (SSSR count). The Hall–Kier alpha value is -1.73. The van der Waals surface area contributed by atoms with Gasteiger partial charge in [-0.1, -0.05) is 27.7 Å². The number of nitriles is 1. The summed E-state index contributed by atoms with van der Waals surface area (Å²) in [6, 6.07) is 7.21. The van der Waals surface area contributed by atoms with Crippen molar-refractivity contribution in [2.75, 3.05) is 7.11 Å². The van der Waals surface area contributed by atoms with Gasteiger partial charge in [0.2, 0.25) is 0 Å². The quantitative estimate of drug-likeness (QED) is 0.897. The van der Waals surface area contributed by atoms with Gasteiger partial charge < -0.3 is 15.2 Å². The summed E-state index contributed by atoms with van der Waals surface area (Å²) in [5.74, 6) is 1.22. The van der Waals surface area contributed by atoms with Crippen LogP contribution in [0, 0.1) is 16.7 Å². The molecule has 0 amide bonds. The zero-order chi connectivity index (χ0) is 15.3. The molecule has 110 valence electrons. The number of methoxy groups -OCH3 is 1. The van der Waals surface area contributed by atoms with Crippen LogP contribution in [0.5, 0.6) is 11.5 Å². The van der Waals surface area contributed by atoms with Gasteiger partial charge in [0.05, 0.1) is 18.7 Å². The molecule has 0 aliphatic rings. The normalized spacial score (nSPS) is 14.2. The van der Waals surface area contributed by atoms with Gasteiger partial charge in [0, 0.05) is 17.5 Å². The van der Waals surface area contributed by atoms with Crippen molar-refractivity contribution in [2.45, 2.75) is 46.3 Å². The first kappa shape index (κ1) is 16.3. The van der Waals surface area contributed by atoms with E-state index >= 15 is 0 Å². The highest BCUT2D eigenvalue weighted by Crippen LogP contribution is 2.30. The summed E-state index contributed by atoms with van der Waals surface area (Å²) in [7, 11) is 1.57. The molecule has 2 N–H and O–H groups in total. The standard InChI is InChI=1S/C16H24N2O2/c1-6-14(18)15(16(2,3)4)20-13-8-11(10-17)7-12(9-13)19-5/h7-9,14-15H,6,18H2,1-5H3. The Labute approximate surface area is 121 Å². The van der Waals surface area contributed by atoms with E-state index in [1.165, 1.54) is 0 Å². The van der Waals surface area contributed by atoms with Gasteiger partial charge in [-0.3, -0.25) is 0 Å². The Morgan fingerprint density at radius 3 is 2.30 bits per heavy atom. The lowest BCUT2D eigenvalue weighted by molar-refractivity contribution is 0.0619. The Morgan fingerprint density at radius 1 is 1.25 bits per heavy atom. The van der Waals surface area contributed by atoms with Gasteiger partial charge in [0.25, 0.3) is 0 Å². The van der Waals surface area contributed by atoms with Crippen molar-refractivity contribution in [3.05, 3.63) is 23.8 Å². The molecule has 1 aromatic rings. The van der Waals surface area contributed by atoms with Gasteiger partial charge in [-0.05, 0) is 18.6 Å². The number of nitrogens with two attached hydrogens (primary N) is 1. The maximum absolute atomic E-state index is 9.05. The van der Waals surface area contributed by atoms with Gasteiger partial charge >= 0.3 is 0 Å². The molecule has 4 nitrogen and oxygen atoms in total. The topological polar surface area (TPSA) is 68.3 Å². The number of benzene rings is 1. The second-order valence-electron chi connectivity index (χ2n) is 5.99. The minimum Gasteiger partial charge on any atom is -0.497 e. The summed E-state index contributed by atoms with van der Waals surface area (Å²) in [6.07, 6.45) is 0.697. The zero-order valence-electron chi connectivity index (χ0n) is 12.9. The summed E-state index contributed by atoms with van der Waals surface area (Å²) in [6.45, 7) is 8.33. The van der Waals surface area contributed by atoms with E-state index in [1.807, 2.05) is 6.92 Å². The summed E-state index contributed by atoms with van der Waals surface area (Å²) < 4.78 is 11.2. The average molecular weight is 276 g/mol. The highest BCUT2D eigenvalue weighted by molar-refractivity contribution is 5.44. The fraction of sp³-hybridized carbons (Fsp3) is 0.562. The zero-order valence-corrected chi connectivity index (χ0v) is 12.9. The molecule has 0 aromatic heterocycles. The molecule has 20 heavy (non-hydrogen) atoms. The number of hydrogen-bond donors (Lipinski definition) is 1. The van der Waals surface area contributed by atoms with Crippen LogP contribution in [-0.4, -0.2) is 19.3 Å². The van der Waals surface area contributed by atoms with Gasteiger partial charge in [-0.25, -0.2) is 0 Å². The lowest BCUT2D eigenvalue weighted by Crippen LogP contribution is -2.47. The third kappa shape index (κ3) is 4.14. The van der Waals surface area contributed by atoms with Crippen molar-refractivity contribution >= 4 is 0 Å². The maximum Gasteiger partial charge on any atom is 0.124 e. The molecule has 0 heterocycles. The van der Waals surface area contributed by atoms with E-state index in [-0.39, 0.29) is 17.6 Å². The van der Waals surface area contributed by atoms with E-state index in [0.29, 0.717) is 17.1 Å². The Morgan fingerprint density at radius 2 is 1.85 bits per heavy atom. The molecule has 0 radical (unpaired) electrons. The Kier molecular flexibility index (Phi) is 5.41. The van der Waals surface area contributed by atoms with Crippen LogP contribution in [0.25, 0.3) is 0 Å². The largest absolute Gasteiger partial charge is 0.497 e. The van der Waals surface area contributed by atoms with Crippen molar-refractivity contribution in [2.24, 2.45) is 11.1 Å². The van der Waals surface area contributed by atoms with Gasteiger partial charge in [-0.2, -0.15) is 5.26 Å². The van der Waals surface area contributed by atoms with E-state index in [4.69, 9.17) is 20.5 Å². The first-order valence-electron chi connectivity index (χ1n) is 6.83. The monoisotopic (exact) mass is 276 g/mol. The fourth-order valence-electron chi connectivity index (χ4n) is 2.09. The molecule has 0 saturated carbocycles. The molecule has 1 aromatic carbocycles. The van der Waals surface area contributed by atoms with Crippen LogP contribution in [0.4, 0.5) is 0 Å². The van der Waals surface area contributed by atoms with Crippen LogP contribution in [0.2, 0.25) is 0 Å². The van der Waals surface area contributed by atoms with Gasteiger partial charge in [0.15, 0.2) is 0 Å². The lowest BCUT2D eigenvalue weighted by Gasteiger charge is -2.35. The second kappa shape index (κ2) is 6.62. The lowest BCUT2D eigenvalue weighted by atomic mass is 9.84. The molecule has 0 bridgehead atoms. The predicted molar refractivity (Wildman–Crippen MR) is 79.8 cm³/mol. The molecule has 0 spiro atoms. The molecule has 0 aliphatic carbocycles. The van der Waals surface area contributed by atoms with Crippen molar-refractivity contribution in [3.8, 4) is 17.6 Å². The van der Waals surface area contributed by atoms with Crippen molar-refractivity contribution < 1.29 is 9.47 Å². The van der Waals surface area contributed by atoms with Crippen LogP contribution in [0.1, 0.15) is 39.7 Å². The van der Waals surface area contributed by atoms with E-state index in [1.54, 1.807) is 25.3 Å². The number of nitrogens with zero attached hydrogens (tertiary/aromatic N) is 1. The van der Waals surface area contributed by atoms with Crippen molar-refractivity contribution in [3.63, 3.8) is 0 Å². The van der Waals surface area contributed by atoms with E-state index in [9.17, 15) is 0 Å². The first-order valence-corrected chi connectivity index (χ1v) is 6.83. The van der Waals surface area contributed by atoms with Crippen LogP contribution in [0.15, 0.2) is 18.2 Å². The van der Waals surface area contributed by atoms with E-state index in [2.05, 4.69) is 26.8 Å². The maximum atomic E-state index is 9.05. The fourth-order valence-corrected chi connectivity index (χ4v) is 2.09. The predicted octanol–water partition coefficient (Wildman–Crippen LogP) is 3.10. The van der Waals surface area contributed by atoms with E-state index in [0.717, 1.165) is 6.42 Å². The highest BCUT2D eigenvalue weighted by atomic mass is 16.5. The van der Waals surface area contributed by atoms with Gasteiger partial charge in [-0.15, -0.1) is 0 Å². The summed E-state index contributed by atoms with van der Waals surface area (Å²) in [4.78, 5) is 0. The second-order valence-corrected chi connectivity index (χ2v) is 5.99. The Bertz CT molecular complexity index is 486. The molecule has 0 fully saturated rings. The van der Waals surface area contributed by atoms with Crippen molar-refractivity contribution in [1.29, 1.82) is 5.26 Å². The van der Waals surface area contributed by atoms with Crippen molar-refractivity contribution in [1.82, 2.24) is 0 Å². The highest BCUT2D eigenvalue weighted by Gasteiger charge is 2.31. The smallest absolute Gasteiger partial charge is 0.124 e. The Balaban J connectivity index is 3.08. The minimum atomic E-state index is -0.133. The molecule has 2 unspecified atom stereocenters. The molecule has 0 aliphatic heterocycles. The average Bonchev–Trinajstić information content (AvgIpc) is 2.42. The first-order chi connectivity index (χ1) is 9.31. The number of rotatable bonds is 5. The van der Waals surface area contributed by atoms with Gasteiger partial charge in [0.1, 0.15) is 17.6 Å². The third-order valence-electron chi connectivity index (χ3n) is 3.22. The third-order valence-corrected chi connectivity index (χ3v) is 3.22. The van der Waals surface area contributed by atoms with Crippen LogP contribution in [-0.2, 0) is 0 Å². The SMILES string of the molecule is CCC(N)C(Oc1cc(C#N)cc(OC)c1)C(C)(C)C. The molecular weight excluding hydrogens is 252 g/mol.